The lowest BCUT2D eigenvalue weighted by molar-refractivity contribution is -0.141. The first-order valence-corrected chi connectivity index (χ1v) is 8.59. The molecular weight excluding hydrogens is 294 g/mol. The lowest BCUT2D eigenvalue weighted by Crippen LogP contribution is -2.53. The van der Waals surface area contributed by atoms with Crippen LogP contribution in [0.25, 0.3) is 0 Å². The fourth-order valence-electron chi connectivity index (χ4n) is 2.66. The molecule has 0 aliphatic carbocycles. The van der Waals surface area contributed by atoms with E-state index >= 15 is 0 Å². The van der Waals surface area contributed by atoms with Crippen LogP contribution in [0.4, 0.5) is 5.82 Å². The fraction of sp³-hybridized carbons (Fsp3) is 0.538. The van der Waals surface area contributed by atoms with Crippen LogP contribution in [0.15, 0.2) is 23.2 Å². The quantitative estimate of drug-likeness (QED) is 0.798. The summed E-state index contributed by atoms with van der Waals surface area (Å²) in [6.07, 6.45) is 3.34. The summed E-state index contributed by atoms with van der Waals surface area (Å²) in [6, 6.07) is 3.27. The van der Waals surface area contributed by atoms with Gasteiger partial charge in [0.2, 0.25) is 5.91 Å². The molecule has 7 nitrogen and oxygen atoms in total. The van der Waals surface area contributed by atoms with Gasteiger partial charge in [0.25, 0.3) is 0 Å². The predicted octanol–water partition coefficient (Wildman–Crippen LogP) is -0.420. The third kappa shape index (κ3) is 2.86. The Hall–Kier alpha value is -1.67. The molecule has 0 aromatic carbocycles. The highest BCUT2D eigenvalue weighted by molar-refractivity contribution is 7.90. The minimum atomic E-state index is -3.23. The summed E-state index contributed by atoms with van der Waals surface area (Å²) in [5.41, 5.74) is -0.356. The Labute approximate surface area is 123 Å². The zero-order valence-electron chi connectivity index (χ0n) is 11.7. The van der Waals surface area contributed by atoms with E-state index < -0.39 is 9.84 Å². The molecule has 1 spiro atoms. The van der Waals surface area contributed by atoms with Crippen molar-refractivity contribution >= 4 is 21.6 Å². The van der Waals surface area contributed by atoms with Crippen molar-refractivity contribution in [2.75, 3.05) is 37.4 Å². The van der Waals surface area contributed by atoms with Gasteiger partial charge in [-0.15, -0.1) is 0 Å². The van der Waals surface area contributed by atoms with Gasteiger partial charge in [-0.1, -0.05) is 0 Å². The van der Waals surface area contributed by atoms with Gasteiger partial charge < -0.3 is 15.0 Å². The van der Waals surface area contributed by atoms with E-state index in [-0.39, 0.29) is 23.0 Å². The van der Waals surface area contributed by atoms with E-state index in [9.17, 15) is 13.2 Å². The van der Waals surface area contributed by atoms with Gasteiger partial charge >= 0.3 is 0 Å². The number of ether oxygens (including phenoxy) is 1. The molecule has 8 heteroatoms. The molecule has 1 amide bonds. The maximum atomic E-state index is 11.4. The maximum absolute atomic E-state index is 11.4. The summed E-state index contributed by atoms with van der Waals surface area (Å²) in [7, 11) is -3.23. The number of anilines is 1. The Bertz CT molecular complexity index is 646. The molecule has 0 bridgehead atoms. The summed E-state index contributed by atoms with van der Waals surface area (Å²) < 4.78 is 28.5. The number of amides is 1. The Kier molecular flexibility index (Phi) is 3.37. The van der Waals surface area contributed by atoms with Gasteiger partial charge in [0.15, 0.2) is 9.84 Å². The van der Waals surface area contributed by atoms with E-state index in [4.69, 9.17) is 4.74 Å². The van der Waals surface area contributed by atoms with Crippen LogP contribution in [0.2, 0.25) is 0 Å². The number of carbonyl (C=O) groups is 1. The number of hydrogen-bond donors (Lipinski definition) is 1. The Morgan fingerprint density at radius 2 is 2.24 bits per heavy atom. The molecule has 0 saturated carbocycles. The highest BCUT2D eigenvalue weighted by Crippen LogP contribution is 2.29. The molecule has 2 fully saturated rings. The van der Waals surface area contributed by atoms with Crippen molar-refractivity contribution in [3.8, 4) is 0 Å². The van der Waals surface area contributed by atoms with Gasteiger partial charge in [0, 0.05) is 25.5 Å². The highest BCUT2D eigenvalue weighted by Gasteiger charge is 2.42. The first-order valence-electron chi connectivity index (χ1n) is 6.70. The number of rotatable bonds is 2. The molecule has 2 saturated heterocycles. The van der Waals surface area contributed by atoms with Gasteiger partial charge in [0.1, 0.15) is 18.0 Å². The van der Waals surface area contributed by atoms with Crippen molar-refractivity contribution in [1.82, 2.24) is 10.3 Å². The molecule has 1 atom stereocenters. The third-order valence-corrected chi connectivity index (χ3v) is 5.00. The normalized spacial score (nSPS) is 26.1. The molecule has 1 N–H and O–H groups in total. The molecule has 114 valence electrons. The van der Waals surface area contributed by atoms with Crippen LogP contribution in [-0.2, 0) is 19.4 Å². The zero-order chi connectivity index (χ0) is 15.1. The molecule has 21 heavy (non-hydrogen) atoms. The summed E-state index contributed by atoms with van der Waals surface area (Å²) in [6.45, 7) is 2.00. The smallest absolute Gasteiger partial charge is 0.246 e. The van der Waals surface area contributed by atoms with E-state index in [0.29, 0.717) is 13.1 Å². The Balaban J connectivity index is 1.73. The van der Waals surface area contributed by atoms with Gasteiger partial charge in [-0.05, 0) is 18.6 Å². The van der Waals surface area contributed by atoms with E-state index in [1.165, 1.54) is 6.20 Å². The van der Waals surface area contributed by atoms with Crippen molar-refractivity contribution in [2.24, 2.45) is 0 Å². The largest absolute Gasteiger partial charge is 0.361 e. The van der Waals surface area contributed by atoms with E-state index in [0.717, 1.165) is 25.0 Å². The molecule has 2 aliphatic rings. The van der Waals surface area contributed by atoms with Crippen LogP contribution in [0.5, 0.6) is 0 Å². The van der Waals surface area contributed by atoms with Gasteiger partial charge in [-0.2, -0.15) is 0 Å². The molecular formula is C13H17N3O4S. The highest BCUT2D eigenvalue weighted by atomic mass is 32.2. The van der Waals surface area contributed by atoms with Crippen LogP contribution < -0.4 is 10.2 Å². The second-order valence-electron chi connectivity index (χ2n) is 5.54. The summed E-state index contributed by atoms with van der Waals surface area (Å²) in [4.78, 5) is 17.6. The van der Waals surface area contributed by atoms with Gasteiger partial charge in [-0.25, -0.2) is 13.4 Å². The zero-order valence-corrected chi connectivity index (χ0v) is 12.5. The number of hydrogen-bond acceptors (Lipinski definition) is 6. The first kappa shape index (κ1) is 14.3. The minimum Gasteiger partial charge on any atom is -0.361 e. The number of sulfone groups is 1. The number of nitrogens with zero attached hydrogens (tertiary/aromatic N) is 2. The number of carbonyl (C=O) groups excluding carboxylic acids is 1. The second kappa shape index (κ2) is 4.96. The van der Waals surface area contributed by atoms with Crippen molar-refractivity contribution in [3.63, 3.8) is 0 Å². The summed E-state index contributed by atoms with van der Waals surface area (Å²) >= 11 is 0. The molecule has 1 aromatic heterocycles. The SMILES string of the molecule is CS(=O)(=O)c1ccc(N2CCC3(CNC(=O)CO3)C2)nc1. The number of aromatic nitrogens is 1. The van der Waals surface area contributed by atoms with Crippen molar-refractivity contribution < 1.29 is 17.9 Å². The summed E-state index contributed by atoms with van der Waals surface area (Å²) in [5, 5.41) is 2.83. The average Bonchev–Trinajstić information content (AvgIpc) is 2.86. The molecule has 3 heterocycles. The third-order valence-electron chi connectivity index (χ3n) is 3.91. The lowest BCUT2D eigenvalue weighted by Gasteiger charge is -2.33. The fourth-order valence-corrected chi connectivity index (χ4v) is 3.22. The van der Waals surface area contributed by atoms with Gasteiger partial charge in [-0.3, -0.25) is 4.79 Å². The number of nitrogens with one attached hydrogen (secondary N) is 1. The van der Waals surface area contributed by atoms with Gasteiger partial charge in [0.05, 0.1) is 11.4 Å². The van der Waals surface area contributed by atoms with Crippen LogP contribution >= 0.6 is 0 Å². The first-order chi connectivity index (χ1) is 9.88. The van der Waals surface area contributed by atoms with Crippen LogP contribution in [0.3, 0.4) is 0 Å². The standard InChI is InChI=1S/C13H17N3O4S/c1-21(18,19)10-2-3-11(14-6-10)16-5-4-13(9-16)8-15-12(17)7-20-13/h2-3,6H,4-5,7-9H2,1H3,(H,15,17). The molecule has 1 unspecified atom stereocenters. The van der Waals surface area contributed by atoms with Crippen LogP contribution in [0.1, 0.15) is 6.42 Å². The van der Waals surface area contributed by atoms with Crippen molar-refractivity contribution in [3.05, 3.63) is 18.3 Å². The van der Waals surface area contributed by atoms with Crippen LogP contribution in [-0.4, -0.2) is 57.4 Å². The lowest BCUT2D eigenvalue weighted by atomic mass is 10.0. The van der Waals surface area contributed by atoms with Crippen molar-refractivity contribution in [2.45, 2.75) is 16.9 Å². The number of morpholine rings is 1. The average molecular weight is 311 g/mol. The Morgan fingerprint density at radius 3 is 2.81 bits per heavy atom. The summed E-state index contributed by atoms with van der Waals surface area (Å²) in [5.74, 6) is 0.634. The van der Waals surface area contributed by atoms with E-state index in [2.05, 4.69) is 10.3 Å². The predicted molar refractivity (Wildman–Crippen MR) is 75.9 cm³/mol. The van der Waals surface area contributed by atoms with Crippen molar-refractivity contribution in [1.29, 1.82) is 0 Å². The Morgan fingerprint density at radius 1 is 1.43 bits per heavy atom. The van der Waals surface area contributed by atoms with Crippen LogP contribution in [0, 0.1) is 0 Å². The molecule has 0 radical (unpaired) electrons. The van der Waals surface area contributed by atoms with E-state index in [1.807, 2.05) is 4.90 Å². The molecule has 3 rings (SSSR count). The van der Waals surface area contributed by atoms with E-state index in [1.54, 1.807) is 12.1 Å². The number of pyridine rings is 1. The molecule has 1 aromatic rings. The maximum Gasteiger partial charge on any atom is 0.246 e. The molecule has 2 aliphatic heterocycles. The topological polar surface area (TPSA) is 88.6 Å². The second-order valence-corrected chi connectivity index (χ2v) is 7.56. The minimum absolute atomic E-state index is 0.0882. The monoisotopic (exact) mass is 311 g/mol.